The lowest BCUT2D eigenvalue weighted by molar-refractivity contribution is -0.150. The standard InChI is InChI=1S/C13H17FN2O4S/c1-8-10(9(2)20-15-8)5-21-6-11(17)16-4-3-13(14,7-16)12(18)19/h3-7H2,1-2H3,(H,18,19). The van der Waals surface area contributed by atoms with Gasteiger partial charge in [-0.15, -0.1) is 11.8 Å². The van der Waals surface area contributed by atoms with Gasteiger partial charge >= 0.3 is 5.97 Å². The Labute approximate surface area is 125 Å². The van der Waals surface area contributed by atoms with Crippen LogP contribution in [0.2, 0.25) is 0 Å². The molecule has 2 rings (SSSR count). The highest BCUT2D eigenvalue weighted by atomic mass is 32.2. The Morgan fingerprint density at radius 1 is 1.52 bits per heavy atom. The SMILES string of the molecule is Cc1noc(C)c1CSCC(=O)N1CCC(F)(C(=O)O)C1. The number of aryl methyl sites for hydroxylation is 2. The number of hydrogen-bond donors (Lipinski definition) is 1. The Balaban J connectivity index is 1.82. The summed E-state index contributed by atoms with van der Waals surface area (Å²) in [7, 11) is 0. The summed E-state index contributed by atoms with van der Waals surface area (Å²) in [5, 5.41) is 12.6. The minimum absolute atomic E-state index is 0.146. The van der Waals surface area contributed by atoms with Gasteiger partial charge in [-0.3, -0.25) is 4.79 Å². The second-order valence-corrected chi connectivity index (χ2v) is 6.12. The summed E-state index contributed by atoms with van der Waals surface area (Å²) in [5.74, 6) is -0.254. The third-order valence-electron chi connectivity index (χ3n) is 3.61. The van der Waals surface area contributed by atoms with E-state index in [4.69, 9.17) is 9.63 Å². The summed E-state index contributed by atoms with van der Waals surface area (Å²) >= 11 is 1.38. The first-order valence-electron chi connectivity index (χ1n) is 6.53. The van der Waals surface area contributed by atoms with Crippen LogP contribution in [0.15, 0.2) is 4.52 Å². The number of halogens is 1. The summed E-state index contributed by atoms with van der Waals surface area (Å²) in [5.41, 5.74) is -0.552. The van der Waals surface area contributed by atoms with Crippen LogP contribution in [-0.2, 0) is 15.3 Å². The van der Waals surface area contributed by atoms with Crippen molar-refractivity contribution >= 4 is 23.6 Å². The van der Waals surface area contributed by atoms with E-state index in [9.17, 15) is 14.0 Å². The Bertz CT molecular complexity index is 543. The van der Waals surface area contributed by atoms with Crippen LogP contribution in [0.1, 0.15) is 23.4 Å². The number of carbonyl (C=O) groups is 2. The van der Waals surface area contributed by atoms with Crippen molar-refractivity contribution in [1.29, 1.82) is 0 Å². The quantitative estimate of drug-likeness (QED) is 0.887. The van der Waals surface area contributed by atoms with E-state index >= 15 is 0 Å². The van der Waals surface area contributed by atoms with Gasteiger partial charge in [0.05, 0.1) is 18.0 Å². The number of rotatable bonds is 5. The van der Waals surface area contributed by atoms with E-state index in [-0.39, 0.29) is 31.2 Å². The number of nitrogens with zero attached hydrogens (tertiary/aromatic N) is 2. The van der Waals surface area contributed by atoms with Gasteiger partial charge in [0.25, 0.3) is 0 Å². The molecule has 8 heteroatoms. The molecular formula is C13H17FN2O4S. The molecule has 1 aromatic rings. The van der Waals surface area contributed by atoms with Gasteiger partial charge < -0.3 is 14.5 Å². The molecule has 0 saturated carbocycles. The second-order valence-electron chi connectivity index (χ2n) is 5.13. The minimum Gasteiger partial charge on any atom is -0.479 e. The molecule has 1 saturated heterocycles. The van der Waals surface area contributed by atoms with Gasteiger partial charge in [0.1, 0.15) is 5.76 Å². The van der Waals surface area contributed by atoms with Crippen molar-refractivity contribution < 1.29 is 23.6 Å². The molecule has 1 N–H and O–H groups in total. The van der Waals surface area contributed by atoms with E-state index in [2.05, 4.69) is 5.16 Å². The number of hydrogen-bond acceptors (Lipinski definition) is 5. The number of carboxylic acids is 1. The summed E-state index contributed by atoms with van der Waals surface area (Å²) in [6.45, 7) is 3.42. The average Bonchev–Trinajstić information content (AvgIpc) is 2.97. The van der Waals surface area contributed by atoms with Crippen LogP contribution in [0.3, 0.4) is 0 Å². The fraction of sp³-hybridized carbons (Fsp3) is 0.615. The molecule has 0 radical (unpaired) electrons. The molecule has 1 fully saturated rings. The Morgan fingerprint density at radius 3 is 2.76 bits per heavy atom. The predicted molar refractivity (Wildman–Crippen MR) is 74.8 cm³/mol. The van der Waals surface area contributed by atoms with E-state index in [1.54, 1.807) is 0 Å². The molecular weight excluding hydrogens is 299 g/mol. The van der Waals surface area contributed by atoms with Gasteiger partial charge in [0.15, 0.2) is 0 Å². The van der Waals surface area contributed by atoms with Crippen LogP contribution in [0.5, 0.6) is 0 Å². The molecule has 1 aromatic heterocycles. The average molecular weight is 316 g/mol. The maximum absolute atomic E-state index is 13.9. The molecule has 1 aliphatic rings. The van der Waals surface area contributed by atoms with Gasteiger partial charge in [0.2, 0.25) is 11.6 Å². The number of carboxylic acid groups (broad SMARTS) is 1. The number of likely N-dealkylation sites (tertiary alicyclic amines) is 1. The Hall–Kier alpha value is -1.57. The smallest absolute Gasteiger partial charge is 0.343 e. The van der Waals surface area contributed by atoms with Crippen molar-refractivity contribution in [3.8, 4) is 0 Å². The van der Waals surface area contributed by atoms with Crippen LogP contribution in [0, 0.1) is 13.8 Å². The Kier molecular flexibility index (Phi) is 4.55. The van der Waals surface area contributed by atoms with Gasteiger partial charge in [0, 0.05) is 24.3 Å². The molecule has 1 unspecified atom stereocenters. The predicted octanol–water partition coefficient (Wildman–Crippen LogP) is 1.55. The third kappa shape index (κ3) is 3.37. The summed E-state index contributed by atoms with van der Waals surface area (Å²) in [4.78, 5) is 24.0. The van der Waals surface area contributed by atoms with Gasteiger partial charge in [-0.1, -0.05) is 5.16 Å². The number of aromatic nitrogens is 1. The van der Waals surface area contributed by atoms with Crippen LogP contribution in [0.4, 0.5) is 4.39 Å². The van der Waals surface area contributed by atoms with Gasteiger partial charge in [-0.25, -0.2) is 9.18 Å². The molecule has 1 amide bonds. The van der Waals surface area contributed by atoms with Crippen LogP contribution < -0.4 is 0 Å². The number of carbonyl (C=O) groups excluding carboxylic acids is 1. The first kappa shape index (κ1) is 15.8. The zero-order chi connectivity index (χ0) is 15.6. The van der Waals surface area contributed by atoms with Crippen molar-refractivity contribution in [1.82, 2.24) is 10.1 Å². The highest BCUT2D eigenvalue weighted by molar-refractivity contribution is 7.99. The monoisotopic (exact) mass is 316 g/mol. The zero-order valence-electron chi connectivity index (χ0n) is 11.9. The second kappa shape index (κ2) is 6.05. The molecule has 0 bridgehead atoms. The maximum atomic E-state index is 13.9. The number of aliphatic carboxylic acids is 1. The lowest BCUT2D eigenvalue weighted by Gasteiger charge is -2.17. The number of amides is 1. The molecule has 0 spiro atoms. The van der Waals surface area contributed by atoms with E-state index in [1.165, 1.54) is 16.7 Å². The van der Waals surface area contributed by atoms with E-state index < -0.39 is 11.6 Å². The molecule has 2 heterocycles. The highest BCUT2D eigenvalue weighted by Gasteiger charge is 2.46. The van der Waals surface area contributed by atoms with Crippen molar-refractivity contribution in [3.05, 3.63) is 17.0 Å². The molecule has 0 aromatic carbocycles. The summed E-state index contributed by atoms with van der Waals surface area (Å²) in [6, 6.07) is 0. The molecule has 0 aliphatic carbocycles. The van der Waals surface area contributed by atoms with Crippen LogP contribution >= 0.6 is 11.8 Å². The van der Waals surface area contributed by atoms with E-state index in [0.717, 1.165) is 17.0 Å². The lowest BCUT2D eigenvalue weighted by atomic mass is 10.1. The van der Waals surface area contributed by atoms with Gasteiger partial charge in [-0.2, -0.15) is 0 Å². The van der Waals surface area contributed by atoms with Gasteiger partial charge in [-0.05, 0) is 13.8 Å². The Morgan fingerprint density at radius 2 is 2.24 bits per heavy atom. The first-order valence-corrected chi connectivity index (χ1v) is 7.68. The fourth-order valence-corrected chi connectivity index (χ4v) is 3.28. The van der Waals surface area contributed by atoms with Crippen LogP contribution in [-0.4, -0.2) is 51.6 Å². The van der Waals surface area contributed by atoms with E-state index in [1.807, 2.05) is 13.8 Å². The largest absolute Gasteiger partial charge is 0.479 e. The van der Waals surface area contributed by atoms with Crippen LogP contribution in [0.25, 0.3) is 0 Å². The zero-order valence-corrected chi connectivity index (χ0v) is 12.7. The first-order chi connectivity index (χ1) is 9.83. The van der Waals surface area contributed by atoms with Crippen molar-refractivity contribution in [2.45, 2.75) is 31.7 Å². The lowest BCUT2D eigenvalue weighted by Crippen LogP contribution is -2.39. The molecule has 1 aliphatic heterocycles. The molecule has 6 nitrogen and oxygen atoms in total. The fourth-order valence-electron chi connectivity index (χ4n) is 2.20. The van der Waals surface area contributed by atoms with E-state index in [0.29, 0.717) is 5.75 Å². The minimum atomic E-state index is -2.30. The third-order valence-corrected chi connectivity index (χ3v) is 4.55. The molecule has 116 valence electrons. The number of thioether (sulfide) groups is 1. The number of alkyl halides is 1. The van der Waals surface area contributed by atoms with Crippen molar-refractivity contribution in [3.63, 3.8) is 0 Å². The summed E-state index contributed by atoms with van der Waals surface area (Å²) in [6.07, 6.45) is -0.150. The summed E-state index contributed by atoms with van der Waals surface area (Å²) < 4.78 is 18.9. The topological polar surface area (TPSA) is 83.6 Å². The molecule has 1 atom stereocenters. The maximum Gasteiger partial charge on any atom is 0.343 e. The van der Waals surface area contributed by atoms with Crippen molar-refractivity contribution in [2.24, 2.45) is 0 Å². The van der Waals surface area contributed by atoms with Crippen molar-refractivity contribution in [2.75, 3.05) is 18.8 Å². The molecule has 21 heavy (non-hydrogen) atoms. The normalized spacial score (nSPS) is 21.8. The highest BCUT2D eigenvalue weighted by Crippen LogP contribution is 2.27.